The van der Waals surface area contributed by atoms with E-state index in [2.05, 4.69) is 60.4 Å². The van der Waals surface area contributed by atoms with E-state index in [-0.39, 0.29) is 26.4 Å². The minimum absolute atomic E-state index is 0.00642. The highest BCUT2D eigenvalue weighted by molar-refractivity contribution is 5.78. The Bertz CT molecular complexity index is 1200. The third-order valence-corrected chi connectivity index (χ3v) is 6.01. The van der Waals surface area contributed by atoms with Crippen molar-refractivity contribution in [2.75, 3.05) is 31.3 Å². The van der Waals surface area contributed by atoms with Gasteiger partial charge in [-0.15, -0.1) is 0 Å². The summed E-state index contributed by atoms with van der Waals surface area (Å²) in [6, 6.07) is 31.7. The van der Waals surface area contributed by atoms with Crippen LogP contribution in [-0.2, 0) is 0 Å². The summed E-state index contributed by atoms with van der Waals surface area (Å²) in [5.41, 5.74) is 6.22. The second-order valence-corrected chi connectivity index (χ2v) is 9.03. The first kappa shape index (κ1) is 27.2. The van der Waals surface area contributed by atoms with Gasteiger partial charge in [0.25, 0.3) is 0 Å². The van der Waals surface area contributed by atoms with E-state index in [0.29, 0.717) is 11.5 Å². The third-order valence-electron chi connectivity index (χ3n) is 6.01. The molecular weight excluding hydrogens is 482 g/mol. The van der Waals surface area contributed by atoms with Crippen molar-refractivity contribution in [1.82, 2.24) is 0 Å². The smallest absolute Gasteiger partial charge is 0.119 e. The first-order chi connectivity index (χ1) is 18.5. The van der Waals surface area contributed by atoms with E-state index in [1.54, 1.807) is 0 Å². The molecule has 0 spiro atoms. The largest absolute Gasteiger partial charge is 0.491 e. The zero-order valence-corrected chi connectivity index (χ0v) is 21.3. The molecule has 2 unspecified atom stereocenters. The molecule has 0 aliphatic carbocycles. The summed E-state index contributed by atoms with van der Waals surface area (Å²) in [6.07, 6.45) is -1.87. The van der Waals surface area contributed by atoms with Crippen LogP contribution >= 0.6 is 0 Å². The van der Waals surface area contributed by atoms with Crippen molar-refractivity contribution in [2.45, 2.75) is 19.1 Å². The van der Waals surface area contributed by atoms with Crippen molar-refractivity contribution in [1.29, 1.82) is 0 Å². The number of hydrogen-bond acceptors (Lipinski definition) is 7. The molecule has 0 fully saturated rings. The van der Waals surface area contributed by atoms with Gasteiger partial charge in [0.15, 0.2) is 0 Å². The van der Waals surface area contributed by atoms with Crippen molar-refractivity contribution in [3.63, 3.8) is 0 Å². The second-order valence-electron chi connectivity index (χ2n) is 9.03. The van der Waals surface area contributed by atoms with Crippen LogP contribution in [0, 0.1) is 6.92 Å². The monoisotopic (exact) mass is 515 g/mol. The van der Waals surface area contributed by atoms with Crippen molar-refractivity contribution in [2.24, 2.45) is 0 Å². The van der Waals surface area contributed by atoms with Crippen molar-refractivity contribution < 1.29 is 29.9 Å². The Balaban J connectivity index is 1.61. The molecule has 0 amide bonds. The SMILES string of the molecule is Cc1ccc(-c2ccc(N(c3ccc(OCC(O)CO)cc3)c3ccc(OCC(O)CO)cc3)cc2)cc1. The van der Waals surface area contributed by atoms with Crippen LogP contribution in [0.1, 0.15) is 5.56 Å². The van der Waals surface area contributed by atoms with Crippen molar-refractivity contribution in [3.05, 3.63) is 103 Å². The molecule has 4 N–H and O–H groups in total. The number of aryl methyl sites for hydroxylation is 1. The predicted molar refractivity (Wildman–Crippen MR) is 148 cm³/mol. The molecule has 7 heteroatoms. The predicted octanol–water partition coefficient (Wildman–Crippen LogP) is 4.60. The Morgan fingerprint density at radius 1 is 0.553 bits per heavy atom. The molecule has 4 aromatic rings. The van der Waals surface area contributed by atoms with E-state index in [1.165, 1.54) is 5.56 Å². The van der Waals surface area contributed by atoms with Crippen LogP contribution in [0.2, 0.25) is 0 Å². The fraction of sp³-hybridized carbons (Fsp3) is 0.226. The van der Waals surface area contributed by atoms with Gasteiger partial charge in [0, 0.05) is 17.1 Å². The van der Waals surface area contributed by atoms with Crippen molar-refractivity contribution >= 4 is 17.1 Å². The summed E-state index contributed by atoms with van der Waals surface area (Å²) in [5, 5.41) is 37.1. The molecule has 4 rings (SSSR count). The highest BCUT2D eigenvalue weighted by Gasteiger charge is 2.14. The van der Waals surface area contributed by atoms with Crippen LogP contribution in [0.5, 0.6) is 11.5 Å². The Morgan fingerprint density at radius 2 is 0.895 bits per heavy atom. The van der Waals surface area contributed by atoms with Gasteiger partial charge >= 0.3 is 0 Å². The van der Waals surface area contributed by atoms with E-state index in [9.17, 15) is 10.2 Å². The molecule has 0 radical (unpaired) electrons. The van der Waals surface area contributed by atoms with Crippen LogP contribution in [-0.4, -0.2) is 59.1 Å². The molecule has 0 heterocycles. The van der Waals surface area contributed by atoms with Crippen molar-refractivity contribution in [3.8, 4) is 22.6 Å². The number of aliphatic hydroxyl groups is 4. The van der Waals surface area contributed by atoms with Gasteiger partial charge in [0.1, 0.15) is 36.9 Å². The lowest BCUT2D eigenvalue weighted by Gasteiger charge is -2.26. The van der Waals surface area contributed by atoms with E-state index in [0.717, 1.165) is 28.2 Å². The molecule has 4 aromatic carbocycles. The quantitative estimate of drug-likeness (QED) is 0.219. The minimum Gasteiger partial charge on any atom is -0.491 e. The maximum absolute atomic E-state index is 9.56. The van der Waals surface area contributed by atoms with Gasteiger partial charge < -0.3 is 34.8 Å². The summed E-state index contributed by atoms with van der Waals surface area (Å²) in [4.78, 5) is 2.09. The standard InChI is InChI=1S/C31H33NO6/c1-22-2-4-23(5-3-22)24-6-8-25(9-7-24)32(26-10-14-30(15-11-26)37-20-28(35)18-33)27-12-16-31(17-13-27)38-21-29(36)19-34/h2-17,28-29,33-36H,18-21H2,1H3. The van der Waals surface area contributed by atoms with Gasteiger partial charge in [-0.25, -0.2) is 0 Å². The van der Waals surface area contributed by atoms with Gasteiger partial charge in [-0.05, 0) is 78.7 Å². The Morgan fingerprint density at radius 3 is 1.26 bits per heavy atom. The molecule has 0 aromatic heterocycles. The van der Waals surface area contributed by atoms with E-state index in [1.807, 2.05) is 48.5 Å². The number of ether oxygens (including phenoxy) is 2. The first-order valence-electron chi connectivity index (χ1n) is 12.5. The summed E-state index contributed by atoms with van der Waals surface area (Å²) in [5.74, 6) is 1.17. The lowest BCUT2D eigenvalue weighted by molar-refractivity contribution is 0.0536. The molecule has 0 aliphatic rings. The maximum Gasteiger partial charge on any atom is 0.119 e. The molecule has 0 aliphatic heterocycles. The highest BCUT2D eigenvalue weighted by Crippen LogP contribution is 2.37. The molecule has 7 nitrogen and oxygen atoms in total. The molecule has 198 valence electrons. The average Bonchev–Trinajstić information content (AvgIpc) is 2.97. The van der Waals surface area contributed by atoms with Gasteiger partial charge in [-0.1, -0.05) is 42.0 Å². The Kier molecular flexibility index (Phi) is 9.35. The summed E-state index contributed by atoms with van der Waals surface area (Å²) >= 11 is 0. The lowest BCUT2D eigenvalue weighted by Crippen LogP contribution is -2.21. The fourth-order valence-electron chi connectivity index (χ4n) is 3.87. The highest BCUT2D eigenvalue weighted by atomic mass is 16.5. The molecule has 0 saturated heterocycles. The summed E-state index contributed by atoms with van der Waals surface area (Å²) < 4.78 is 11.1. The number of nitrogens with zero attached hydrogens (tertiary/aromatic N) is 1. The van der Waals surface area contributed by atoms with Crippen LogP contribution in [0.25, 0.3) is 11.1 Å². The van der Waals surface area contributed by atoms with E-state index >= 15 is 0 Å². The normalized spacial score (nSPS) is 12.6. The maximum atomic E-state index is 9.56. The van der Waals surface area contributed by atoms with Crippen LogP contribution in [0.3, 0.4) is 0 Å². The molecule has 0 bridgehead atoms. The van der Waals surface area contributed by atoms with E-state index < -0.39 is 12.2 Å². The molecule has 38 heavy (non-hydrogen) atoms. The van der Waals surface area contributed by atoms with Gasteiger partial charge in [0.2, 0.25) is 0 Å². The minimum atomic E-state index is -0.933. The Hall–Kier alpha value is -3.88. The lowest BCUT2D eigenvalue weighted by atomic mass is 10.0. The van der Waals surface area contributed by atoms with Gasteiger partial charge in [-0.2, -0.15) is 0 Å². The van der Waals surface area contributed by atoms with Crippen LogP contribution < -0.4 is 14.4 Å². The van der Waals surface area contributed by atoms with Crippen LogP contribution in [0.4, 0.5) is 17.1 Å². The number of anilines is 3. The topological polar surface area (TPSA) is 103 Å². The number of hydrogen-bond donors (Lipinski definition) is 4. The van der Waals surface area contributed by atoms with Gasteiger partial charge in [0.05, 0.1) is 13.2 Å². The number of aliphatic hydroxyl groups excluding tert-OH is 4. The zero-order chi connectivity index (χ0) is 26.9. The average molecular weight is 516 g/mol. The zero-order valence-electron chi connectivity index (χ0n) is 21.3. The molecule has 2 atom stereocenters. The number of rotatable bonds is 12. The van der Waals surface area contributed by atoms with Gasteiger partial charge in [-0.3, -0.25) is 0 Å². The van der Waals surface area contributed by atoms with Crippen LogP contribution in [0.15, 0.2) is 97.1 Å². The summed E-state index contributed by atoms with van der Waals surface area (Å²) in [7, 11) is 0. The fourth-order valence-corrected chi connectivity index (χ4v) is 3.87. The Labute approximate surface area is 222 Å². The van der Waals surface area contributed by atoms with E-state index in [4.69, 9.17) is 19.7 Å². The second kappa shape index (κ2) is 13.1. The summed E-state index contributed by atoms with van der Waals surface area (Å²) in [6.45, 7) is 1.37. The molecule has 0 saturated carbocycles. The number of benzene rings is 4. The molecular formula is C31H33NO6. The first-order valence-corrected chi connectivity index (χ1v) is 12.5. The third kappa shape index (κ3) is 7.12.